The van der Waals surface area contributed by atoms with Crippen molar-refractivity contribution in [3.8, 4) is 0 Å². The number of hydrazine groups is 1. The van der Waals surface area contributed by atoms with Gasteiger partial charge in [-0.15, -0.1) is 0 Å². The summed E-state index contributed by atoms with van der Waals surface area (Å²) in [6.07, 6.45) is 0. The second-order valence-corrected chi connectivity index (χ2v) is 4.14. The standard InChI is InChI=1S/C9H11F3N2S/c1-6(14-13)7-2-4-8(5-3-7)15-9(10,11)12/h2-6,14H,13H2,1H3. The zero-order valence-electron chi connectivity index (χ0n) is 8.01. The summed E-state index contributed by atoms with van der Waals surface area (Å²) in [5, 5.41) is 0. The van der Waals surface area contributed by atoms with Crippen LogP contribution in [0.3, 0.4) is 0 Å². The summed E-state index contributed by atoms with van der Waals surface area (Å²) in [6, 6.07) is 6.04. The third-order valence-corrected chi connectivity index (χ3v) is 2.60. The minimum atomic E-state index is -4.24. The van der Waals surface area contributed by atoms with E-state index in [1.165, 1.54) is 12.1 Å². The van der Waals surface area contributed by atoms with E-state index in [2.05, 4.69) is 5.43 Å². The molecule has 1 rings (SSSR count). The lowest BCUT2D eigenvalue weighted by Gasteiger charge is -2.11. The molecule has 15 heavy (non-hydrogen) atoms. The normalized spacial score (nSPS) is 13.9. The molecule has 84 valence electrons. The fraction of sp³-hybridized carbons (Fsp3) is 0.333. The minimum Gasteiger partial charge on any atom is -0.271 e. The topological polar surface area (TPSA) is 38.0 Å². The number of alkyl halides is 3. The van der Waals surface area contributed by atoms with Gasteiger partial charge < -0.3 is 0 Å². The zero-order valence-corrected chi connectivity index (χ0v) is 8.82. The molecule has 0 spiro atoms. The summed E-state index contributed by atoms with van der Waals surface area (Å²) in [4.78, 5) is 0.176. The molecule has 1 atom stereocenters. The Balaban J connectivity index is 2.72. The van der Waals surface area contributed by atoms with Crippen molar-refractivity contribution in [2.24, 2.45) is 5.84 Å². The number of nitrogens with one attached hydrogen (secondary N) is 1. The van der Waals surface area contributed by atoms with Gasteiger partial charge in [-0.05, 0) is 36.4 Å². The third kappa shape index (κ3) is 4.11. The highest BCUT2D eigenvalue weighted by molar-refractivity contribution is 8.00. The molecule has 0 bridgehead atoms. The van der Waals surface area contributed by atoms with Crippen molar-refractivity contribution < 1.29 is 13.2 Å². The molecule has 0 amide bonds. The molecule has 0 fully saturated rings. The lowest BCUT2D eigenvalue weighted by molar-refractivity contribution is -0.0328. The molecule has 3 N–H and O–H groups in total. The Hall–Kier alpha value is -0.720. The Bertz CT molecular complexity index is 310. The maximum Gasteiger partial charge on any atom is 0.446 e. The zero-order chi connectivity index (χ0) is 11.5. The molecule has 0 saturated carbocycles. The summed E-state index contributed by atoms with van der Waals surface area (Å²) in [7, 11) is 0. The van der Waals surface area contributed by atoms with Crippen molar-refractivity contribution in [1.29, 1.82) is 0 Å². The first kappa shape index (κ1) is 12.4. The van der Waals surface area contributed by atoms with Gasteiger partial charge in [-0.25, -0.2) is 0 Å². The lowest BCUT2D eigenvalue weighted by Crippen LogP contribution is -2.25. The van der Waals surface area contributed by atoms with Gasteiger partial charge in [-0.1, -0.05) is 12.1 Å². The van der Waals surface area contributed by atoms with Gasteiger partial charge >= 0.3 is 5.51 Å². The molecule has 2 nitrogen and oxygen atoms in total. The van der Waals surface area contributed by atoms with E-state index < -0.39 is 5.51 Å². The average Bonchev–Trinajstić information content (AvgIpc) is 2.15. The SMILES string of the molecule is CC(NN)c1ccc(SC(F)(F)F)cc1. The quantitative estimate of drug-likeness (QED) is 0.481. The van der Waals surface area contributed by atoms with E-state index >= 15 is 0 Å². The van der Waals surface area contributed by atoms with E-state index in [1.807, 2.05) is 6.92 Å². The van der Waals surface area contributed by atoms with Crippen LogP contribution in [-0.4, -0.2) is 5.51 Å². The number of halogens is 3. The van der Waals surface area contributed by atoms with Crippen LogP contribution in [0.25, 0.3) is 0 Å². The molecule has 6 heteroatoms. The maximum atomic E-state index is 12.0. The first-order valence-corrected chi connectivity index (χ1v) is 5.06. The van der Waals surface area contributed by atoms with E-state index in [-0.39, 0.29) is 22.7 Å². The van der Waals surface area contributed by atoms with Gasteiger partial charge in [-0.2, -0.15) is 13.2 Å². The molecule has 0 radical (unpaired) electrons. The highest BCUT2D eigenvalue weighted by atomic mass is 32.2. The van der Waals surface area contributed by atoms with E-state index in [1.54, 1.807) is 12.1 Å². The van der Waals surface area contributed by atoms with Crippen molar-refractivity contribution in [2.75, 3.05) is 0 Å². The highest BCUT2D eigenvalue weighted by Gasteiger charge is 2.29. The second kappa shape index (κ2) is 4.87. The Kier molecular flexibility index (Phi) is 4.01. The van der Waals surface area contributed by atoms with Crippen LogP contribution in [0.4, 0.5) is 13.2 Å². The Morgan fingerprint density at radius 2 is 1.80 bits per heavy atom. The molecule has 0 aromatic heterocycles. The first-order valence-electron chi connectivity index (χ1n) is 4.24. The number of thioether (sulfide) groups is 1. The second-order valence-electron chi connectivity index (χ2n) is 3.01. The Morgan fingerprint density at radius 1 is 1.27 bits per heavy atom. The molecule has 0 aliphatic rings. The lowest BCUT2D eigenvalue weighted by atomic mass is 10.1. The van der Waals surface area contributed by atoms with Gasteiger partial charge in [0.15, 0.2) is 0 Å². The maximum absolute atomic E-state index is 12.0. The van der Waals surface area contributed by atoms with Crippen LogP contribution in [-0.2, 0) is 0 Å². The molecule has 1 aromatic rings. The number of hydrogen-bond donors (Lipinski definition) is 2. The van der Waals surface area contributed by atoms with Crippen molar-refractivity contribution in [3.05, 3.63) is 29.8 Å². The van der Waals surface area contributed by atoms with E-state index in [0.29, 0.717) is 0 Å². The predicted octanol–water partition coefficient (Wildman–Crippen LogP) is 2.82. The number of rotatable bonds is 3. The molecule has 0 aliphatic heterocycles. The molecular weight excluding hydrogens is 225 g/mol. The van der Waals surface area contributed by atoms with Gasteiger partial charge in [0.1, 0.15) is 0 Å². The molecule has 1 aromatic carbocycles. The monoisotopic (exact) mass is 236 g/mol. The molecule has 0 heterocycles. The first-order chi connectivity index (χ1) is 6.92. The van der Waals surface area contributed by atoms with Gasteiger partial charge in [0.2, 0.25) is 0 Å². The van der Waals surface area contributed by atoms with Crippen LogP contribution in [0, 0.1) is 0 Å². The highest BCUT2D eigenvalue weighted by Crippen LogP contribution is 2.36. The van der Waals surface area contributed by atoms with E-state index in [4.69, 9.17) is 5.84 Å². The van der Waals surface area contributed by atoms with Crippen molar-refractivity contribution in [2.45, 2.75) is 23.4 Å². The van der Waals surface area contributed by atoms with Crippen molar-refractivity contribution >= 4 is 11.8 Å². The van der Waals surface area contributed by atoms with Crippen molar-refractivity contribution in [3.63, 3.8) is 0 Å². The van der Waals surface area contributed by atoms with Gasteiger partial charge in [0, 0.05) is 10.9 Å². The molecular formula is C9H11F3N2S. The fourth-order valence-electron chi connectivity index (χ4n) is 1.05. The van der Waals surface area contributed by atoms with Gasteiger partial charge in [0.05, 0.1) is 0 Å². The summed E-state index contributed by atoms with van der Waals surface area (Å²) < 4.78 is 36.0. The average molecular weight is 236 g/mol. The van der Waals surface area contributed by atoms with Gasteiger partial charge in [0.25, 0.3) is 0 Å². The largest absolute Gasteiger partial charge is 0.446 e. The number of benzene rings is 1. The molecule has 0 aliphatic carbocycles. The van der Waals surface area contributed by atoms with Crippen molar-refractivity contribution in [1.82, 2.24) is 5.43 Å². The van der Waals surface area contributed by atoms with Gasteiger partial charge in [-0.3, -0.25) is 11.3 Å². The van der Waals surface area contributed by atoms with E-state index in [9.17, 15) is 13.2 Å². The van der Waals surface area contributed by atoms with Crippen LogP contribution < -0.4 is 11.3 Å². The Morgan fingerprint density at radius 3 is 2.20 bits per heavy atom. The van der Waals surface area contributed by atoms with Crippen LogP contribution in [0.1, 0.15) is 18.5 Å². The molecule has 1 unspecified atom stereocenters. The smallest absolute Gasteiger partial charge is 0.271 e. The Labute approximate surface area is 90.0 Å². The summed E-state index contributed by atoms with van der Waals surface area (Å²) >= 11 is -0.123. The van der Waals surface area contributed by atoms with E-state index in [0.717, 1.165) is 5.56 Å². The predicted molar refractivity (Wildman–Crippen MR) is 54.1 cm³/mol. The number of hydrogen-bond acceptors (Lipinski definition) is 3. The number of nitrogens with two attached hydrogens (primary N) is 1. The third-order valence-electron chi connectivity index (χ3n) is 1.86. The summed E-state index contributed by atoms with van der Waals surface area (Å²) in [6.45, 7) is 1.83. The minimum absolute atomic E-state index is 0.0741. The summed E-state index contributed by atoms with van der Waals surface area (Å²) in [5.74, 6) is 5.21. The van der Waals surface area contributed by atoms with Crippen LogP contribution >= 0.6 is 11.8 Å². The summed E-state index contributed by atoms with van der Waals surface area (Å²) in [5.41, 5.74) is -0.866. The van der Waals surface area contributed by atoms with Crippen LogP contribution in [0.2, 0.25) is 0 Å². The van der Waals surface area contributed by atoms with Crippen LogP contribution in [0.5, 0.6) is 0 Å². The molecule has 0 saturated heterocycles. The fourth-order valence-corrected chi connectivity index (χ4v) is 1.59. The van der Waals surface area contributed by atoms with Crippen LogP contribution in [0.15, 0.2) is 29.2 Å².